The average molecular weight is 776 g/mol. The molecular weight excluding hydrogens is 735 g/mol. The van der Waals surface area contributed by atoms with Crippen LogP contribution in [0.25, 0.3) is 22.3 Å². The number of morpholine rings is 1. The summed E-state index contributed by atoms with van der Waals surface area (Å²) in [5.74, 6) is 0.682. The van der Waals surface area contributed by atoms with Crippen LogP contribution >= 0.6 is 0 Å². The zero-order valence-corrected chi connectivity index (χ0v) is 29.9. The first-order chi connectivity index (χ1) is 22.1. The van der Waals surface area contributed by atoms with E-state index in [1.54, 1.807) is 24.5 Å². The number of aromatic nitrogens is 4. The monoisotopic (exact) mass is 777 g/mol. The first kappa shape index (κ1) is 35.1. The zero-order valence-electron chi connectivity index (χ0n) is 27.3. The molecule has 6 rings (SSSR count). The number of benzene rings is 1. The Bertz CT molecular complexity index is 1680. The number of piperidine rings is 1. The van der Waals surface area contributed by atoms with Gasteiger partial charge in [0.1, 0.15) is 17.1 Å². The molecule has 248 valence electrons. The summed E-state index contributed by atoms with van der Waals surface area (Å²) in [4.78, 5) is 49.9. The van der Waals surface area contributed by atoms with Gasteiger partial charge < -0.3 is 34.6 Å². The maximum atomic E-state index is 13.5. The van der Waals surface area contributed by atoms with Gasteiger partial charge in [0, 0.05) is 103 Å². The van der Waals surface area contributed by atoms with E-state index in [2.05, 4.69) is 30.1 Å². The van der Waals surface area contributed by atoms with Crippen LogP contribution in [0.4, 0.5) is 16.3 Å². The van der Waals surface area contributed by atoms with Crippen LogP contribution in [0.3, 0.4) is 0 Å². The molecule has 2 aliphatic rings. The molecule has 0 radical (unpaired) electrons. The molecule has 0 spiro atoms. The number of ether oxygens (including phenoxy) is 2. The molecule has 1 aromatic carbocycles. The molecular formula is C34H41N8O4Sm-. The van der Waals surface area contributed by atoms with Crippen molar-refractivity contribution in [3.63, 3.8) is 0 Å². The van der Waals surface area contributed by atoms with Gasteiger partial charge in [0.05, 0.1) is 13.2 Å². The van der Waals surface area contributed by atoms with Crippen LogP contribution in [-0.4, -0.2) is 89.9 Å². The van der Waals surface area contributed by atoms with E-state index in [-0.39, 0.29) is 58.4 Å². The van der Waals surface area contributed by atoms with Gasteiger partial charge in [-0.2, -0.15) is 0 Å². The zero-order chi connectivity index (χ0) is 32.3. The predicted octanol–water partition coefficient (Wildman–Crippen LogP) is 4.25. The SMILES string of the molecule is CN(C(=O)c1cc(CN2CCCC(NC(=O)OC(C)(C)C)C2)ccn1)c1ccc(-c2cc3c(N4CCOCC4)ncnc3[n-]2)cc1.[Sm]. The van der Waals surface area contributed by atoms with Gasteiger partial charge in [-0.05, 0) is 93.0 Å². The van der Waals surface area contributed by atoms with Crippen molar-refractivity contribution in [2.75, 3.05) is 56.2 Å². The Kier molecular flexibility index (Phi) is 11.5. The van der Waals surface area contributed by atoms with Crippen LogP contribution in [0, 0.1) is 40.4 Å². The second kappa shape index (κ2) is 15.3. The fourth-order valence-electron chi connectivity index (χ4n) is 5.94. The summed E-state index contributed by atoms with van der Waals surface area (Å²) in [5.41, 5.74) is 3.98. The van der Waals surface area contributed by atoms with E-state index in [9.17, 15) is 9.59 Å². The van der Waals surface area contributed by atoms with Crippen LogP contribution in [0.1, 0.15) is 49.7 Å². The van der Waals surface area contributed by atoms with Crippen molar-refractivity contribution >= 4 is 34.5 Å². The van der Waals surface area contributed by atoms with E-state index in [1.807, 2.05) is 63.2 Å². The van der Waals surface area contributed by atoms with Gasteiger partial charge >= 0.3 is 6.09 Å². The summed E-state index contributed by atoms with van der Waals surface area (Å²) < 4.78 is 10.9. The first-order valence-corrected chi connectivity index (χ1v) is 15.8. The Balaban J connectivity index is 0.00000433. The van der Waals surface area contributed by atoms with Gasteiger partial charge in [0.15, 0.2) is 0 Å². The largest absolute Gasteiger partial charge is 0.444 e. The van der Waals surface area contributed by atoms with E-state index in [1.165, 1.54) is 0 Å². The molecule has 4 aromatic rings. The minimum absolute atomic E-state index is 0. The number of hydrogen-bond acceptors (Lipinski definition) is 9. The molecule has 0 saturated carbocycles. The molecule has 1 atom stereocenters. The summed E-state index contributed by atoms with van der Waals surface area (Å²) in [6, 6.07) is 13.6. The molecule has 2 aliphatic heterocycles. The number of hydrogen-bond donors (Lipinski definition) is 1. The molecule has 3 aromatic heterocycles. The Morgan fingerprint density at radius 2 is 1.83 bits per heavy atom. The standard InChI is InChI=1S/C34H42N8O4.Sm/c1-34(2,3)46-33(44)38-25-6-5-13-41(21-25)20-23-11-12-35-29(18-23)32(43)40(4)26-9-7-24(8-10-26)28-19-27-30(39-28)36-22-37-31(27)42-14-16-45-17-15-42;/h7-12,18-19,22,25H,5-6,13-17,20-21H2,1-4H3,(H2,36,37,38,39,44);/p-1. The third-order valence-electron chi connectivity index (χ3n) is 8.19. The van der Waals surface area contributed by atoms with Crippen molar-refractivity contribution < 1.29 is 59.5 Å². The van der Waals surface area contributed by atoms with Crippen molar-refractivity contribution in [2.24, 2.45) is 0 Å². The fraction of sp³-hybridized carbons (Fsp3) is 0.441. The molecule has 0 aliphatic carbocycles. The normalized spacial score (nSPS) is 17.2. The number of rotatable bonds is 7. The number of pyridine rings is 1. The number of nitrogens with one attached hydrogen (secondary N) is 1. The van der Waals surface area contributed by atoms with Crippen LogP contribution < -0.4 is 20.1 Å². The molecule has 2 saturated heterocycles. The van der Waals surface area contributed by atoms with Gasteiger partial charge in [-0.25, -0.2) is 9.78 Å². The Labute approximate surface area is 307 Å². The Morgan fingerprint density at radius 1 is 1.06 bits per heavy atom. The number of carbonyl (C=O) groups excluding carboxylic acids is 2. The third kappa shape index (κ3) is 8.83. The molecule has 5 heterocycles. The Morgan fingerprint density at radius 3 is 2.57 bits per heavy atom. The second-order valence-corrected chi connectivity index (χ2v) is 12.9. The van der Waals surface area contributed by atoms with Crippen LogP contribution in [-0.2, 0) is 16.0 Å². The molecule has 1 unspecified atom stereocenters. The maximum Gasteiger partial charge on any atom is 0.407 e. The summed E-state index contributed by atoms with van der Waals surface area (Å²) in [7, 11) is 1.75. The van der Waals surface area contributed by atoms with Crippen LogP contribution in [0.15, 0.2) is 55.0 Å². The average Bonchev–Trinajstić information content (AvgIpc) is 3.49. The molecule has 2 fully saturated rings. The first-order valence-electron chi connectivity index (χ1n) is 15.8. The van der Waals surface area contributed by atoms with E-state index < -0.39 is 5.60 Å². The summed E-state index contributed by atoms with van der Waals surface area (Å²) in [6.45, 7) is 10.8. The predicted molar refractivity (Wildman–Crippen MR) is 176 cm³/mol. The maximum absolute atomic E-state index is 13.5. The third-order valence-corrected chi connectivity index (χ3v) is 8.19. The van der Waals surface area contributed by atoms with Gasteiger partial charge in [0.25, 0.3) is 5.91 Å². The van der Waals surface area contributed by atoms with Gasteiger partial charge in [-0.1, -0.05) is 12.1 Å². The van der Waals surface area contributed by atoms with Crippen molar-refractivity contribution in [1.82, 2.24) is 30.2 Å². The molecule has 1 N–H and O–H groups in total. The van der Waals surface area contributed by atoms with Gasteiger partial charge in [0.2, 0.25) is 0 Å². The van der Waals surface area contributed by atoms with Crippen LogP contribution in [0.5, 0.6) is 0 Å². The number of alkyl carbamates (subject to hydrolysis) is 1. The Hall–Kier alpha value is -3.21. The molecule has 12 nitrogen and oxygen atoms in total. The smallest absolute Gasteiger partial charge is 0.407 e. The van der Waals surface area contributed by atoms with E-state index in [0.717, 1.165) is 66.2 Å². The quantitative estimate of drug-likeness (QED) is 0.291. The summed E-state index contributed by atoms with van der Waals surface area (Å²) in [6.07, 6.45) is 4.72. The van der Waals surface area contributed by atoms with Crippen molar-refractivity contribution in [1.29, 1.82) is 0 Å². The van der Waals surface area contributed by atoms with Crippen molar-refractivity contribution in [3.8, 4) is 11.3 Å². The van der Waals surface area contributed by atoms with Gasteiger partial charge in [-0.15, -0.1) is 0 Å². The van der Waals surface area contributed by atoms with Crippen molar-refractivity contribution in [3.05, 3.63) is 66.2 Å². The minimum atomic E-state index is -0.535. The number of amides is 2. The second-order valence-electron chi connectivity index (χ2n) is 12.9. The van der Waals surface area contributed by atoms with E-state index in [0.29, 0.717) is 37.6 Å². The number of fused-ring (bicyclic) bond motifs is 1. The van der Waals surface area contributed by atoms with E-state index >= 15 is 0 Å². The topological polar surface area (TPSA) is 127 Å². The number of carbonyl (C=O) groups is 2. The van der Waals surface area contributed by atoms with E-state index in [4.69, 9.17) is 14.5 Å². The van der Waals surface area contributed by atoms with Crippen LogP contribution in [0.2, 0.25) is 0 Å². The fourth-order valence-corrected chi connectivity index (χ4v) is 5.94. The summed E-state index contributed by atoms with van der Waals surface area (Å²) >= 11 is 0. The number of likely N-dealkylation sites (tertiary alicyclic amines) is 1. The molecule has 13 heteroatoms. The van der Waals surface area contributed by atoms with Gasteiger partial charge in [-0.3, -0.25) is 14.7 Å². The summed E-state index contributed by atoms with van der Waals surface area (Å²) in [5, 5.41) is 3.92. The van der Waals surface area contributed by atoms with Crippen molar-refractivity contribution in [2.45, 2.75) is 51.8 Å². The minimum Gasteiger partial charge on any atom is -0.444 e. The number of nitrogens with zero attached hydrogens (tertiary/aromatic N) is 7. The number of anilines is 2. The molecule has 0 bridgehead atoms. The molecule has 2 amide bonds. The molecule has 47 heavy (non-hydrogen) atoms.